The maximum Gasteiger partial charge on any atom is 0.0363 e. The molecule has 0 radical (unpaired) electrons. The van der Waals surface area contributed by atoms with Gasteiger partial charge in [-0.25, -0.2) is 0 Å². The Balaban J connectivity index is 1.70. The predicted molar refractivity (Wildman–Crippen MR) is 89.3 cm³/mol. The van der Waals surface area contributed by atoms with Gasteiger partial charge in [0.25, 0.3) is 0 Å². The molecule has 0 spiro atoms. The van der Waals surface area contributed by atoms with Crippen LogP contribution in [0.4, 0.5) is 0 Å². The second kappa shape index (κ2) is 6.91. The van der Waals surface area contributed by atoms with Gasteiger partial charge in [-0.2, -0.15) is 0 Å². The molecule has 2 aromatic rings. The first-order chi connectivity index (χ1) is 10.3. The van der Waals surface area contributed by atoms with Crippen LogP contribution in [0.15, 0.2) is 60.7 Å². The predicted octanol–water partition coefficient (Wildman–Crippen LogP) is 4.75. The zero-order valence-corrected chi connectivity index (χ0v) is 12.8. The van der Waals surface area contributed by atoms with E-state index in [4.69, 9.17) is 0 Å². The van der Waals surface area contributed by atoms with Crippen molar-refractivity contribution >= 4 is 0 Å². The van der Waals surface area contributed by atoms with E-state index in [0.29, 0.717) is 12.1 Å². The van der Waals surface area contributed by atoms with Crippen LogP contribution in [0, 0.1) is 5.92 Å². The van der Waals surface area contributed by atoms with Crippen LogP contribution < -0.4 is 5.32 Å². The molecule has 110 valence electrons. The Labute approximate surface area is 128 Å². The summed E-state index contributed by atoms with van der Waals surface area (Å²) in [6.07, 6.45) is 5.24. The molecule has 0 saturated heterocycles. The second-order valence-corrected chi connectivity index (χ2v) is 6.40. The van der Waals surface area contributed by atoms with Crippen LogP contribution in [0.2, 0.25) is 0 Å². The summed E-state index contributed by atoms with van der Waals surface area (Å²) in [6.45, 7) is 2.33. The van der Waals surface area contributed by atoms with Gasteiger partial charge in [-0.3, -0.25) is 0 Å². The van der Waals surface area contributed by atoms with Gasteiger partial charge in [0, 0.05) is 12.1 Å². The molecule has 3 rings (SSSR count). The maximum atomic E-state index is 3.85. The van der Waals surface area contributed by atoms with Crippen molar-refractivity contribution in [1.29, 1.82) is 0 Å². The summed E-state index contributed by atoms with van der Waals surface area (Å²) in [5, 5.41) is 3.85. The summed E-state index contributed by atoms with van der Waals surface area (Å²) in [5.74, 6) is 0.973. The molecule has 0 heterocycles. The van der Waals surface area contributed by atoms with Gasteiger partial charge in [0.15, 0.2) is 0 Å². The van der Waals surface area contributed by atoms with Gasteiger partial charge in [0.2, 0.25) is 0 Å². The topological polar surface area (TPSA) is 12.0 Å². The quantitative estimate of drug-likeness (QED) is 0.771. The summed E-state index contributed by atoms with van der Waals surface area (Å²) in [7, 11) is 0. The second-order valence-electron chi connectivity index (χ2n) is 6.40. The van der Waals surface area contributed by atoms with E-state index >= 15 is 0 Å². The fraction of sp³-hybridized carbons (Fsp3) is 0.400. The van der Waals surface area contributed by atoms with Crippen LogP contribution in [0.1, 0.15) is 43.4 Å². The first-order valence-electron chi connectivity index (χ1n) is 8.16. The van der Waals surface area contributed by atoms with Crippen molar-refractivity contribution in [2.24, 2.45) is 5.92 Å². The van der Waals surface area contributed by atoms with E-state index in [-0.39, 0.29) is 0 Å². The molecule has 2 unspecified atom stereocenters. The van der Waals surface area contributed by atoms with Gasteiger partial charge in [0.05, 0.1) is 0 Å². The summed E-state index contributed by atoms with van der Waals surface area (Å²) in [6, 6.07) is 22.6. The summed E-state index contributed by atoms with van der Waals surface area (Å²) < 4.78 is 0. The number of hydrogen-bond acceptors (Lipinski definition) is 1. The molecule has 0 amide bonds. The SMILES string of the molecule is CC(CC1CC1)NC(Cc1ccccc1)c1ccccc1. The molecule has 1 saturated carbocycles. The van der Waals surface area contributed by atoms with Gasteiger partial charge < -0.3 is 5.32 Å². The third-order valence-electron chi connectivity index (χ3n) is 4.35. The maximum absolute atomic E-state index is 3.85. The van der Waals surface area contributed by atoms with E-state index in [0.717, 1.165) is 12.3 Å². The van der Waals surface area contributed by atoms with Crippen molar-refractivity contribution in [2.75, 3.05) is 0 Å². The highest BCUT2D eigenvalue weighted by Gasteiger charge is 2.25. The third-order valence-corrected chi connectivity index (χ3v) is 4.35. The van der Waals surface area contributed by atoms with E-state index in [1.54, 1.807) is 0 Å². The highest BCUT2D eigenvalue weighted by molar-refractivity contribution is 5.23. The van der Waals surface area contributed by atoms with E-state index in [1.807, 2.05) is 0 Å². The van der Waals surface area contributed by atoms with Crippen molar-refractivity contribution < 1.29 is 0 Å². The lowest BCUT2D eigenvalue weighted by Crippen LogP contribution is -2.32. The minimum Gasteiger partial charge on any atom is -0.307 e. The van der Waals surface area contributed by atoms with Gasteiger partial charge in [-0.15, -0.1) is 0 Å². The van der Waals surface area contributed by atoms with Crippen LogP contribution in [0.25, 0.3) is 0 Å². The number of rotatable bonds is 7. The monoisotopic (exact) mass is 279 g/mol. The normalized spacial score (nSPS) is 17.4. The Morgan fingerprint density at radius 2 is 1.57 bits per heavy atom. The number of nitrogens with one attached hydrogen (secondary N) is 1. The van der Waals surface area contributed by atoms with Crippen molar-refractivity contribution in [3.8, 4) is 0 Å². The Hall–Kier alpha value is -1.60. The highest BCUT2D eigenvalue weighted by atomic mass is 14.9. The average Bonchev–Trinajstić information content (AvgIpc) is 3.32. The molecule has 0 aromatic heterocycles. The third kappa shape index (κ3) is 4.44. The van der Waals surface area contributed by atoms with E-state index in [9.17, 15) is 0 Å². The van der Waals surface area contributed by atoms with Crippen molar-refractivity contribution in [2.45, 2.75) is 44.7 Å². The van der Waals surface area contributed by atoms with Crippen LogP contribution in [-0.4, -0.2) is 6.04 Å². The summed E-state index contributed by atoms with van der Waals surface area (Å²) >= 11 is 0. The number of benzene rings is 2. The highest BCUT2D eigenvalue weighted by Crippen LogP contribution is 2.34. The van der Waals surface area contributed by atoms with Crippen molar-refractivity contribution in [3.63, 3.8) is 0 Å². The lowest BCUT2D eigenvalue weighted by molar-refractivity contribution is 0.418. The smallest absolute Gasteiger partial charge is 0.0363 e. The molecule has 2 aromatic carbocycles. The lowest BCUT2D eigenvalue weighted by atomic mass is 9.97. The first kappa shape index (κ1) is 14.3. The Kier molecular flexibility index (Phi) is 4.72. The zero-order chi connectivity index (χ0) is 14.5. The molecule has 0 aliphatic heterocycles. The van der Waals surface area contributed by atoms with E-state index in [1.165, 1.54) is 30.4 Å². The lowest BCUT2D eigenvalue weighted by Gasteiger charge is -2.24. The molecule has 2 atom stereocenters. The van der Waals surface area contributed by atoms with Crippen LogP contribution in [0.5, 0.6) is 0 Å². The van der Waals surface area contributed by atoms with Gasteiger partial charge in [-0.1, -0.05) is 73.5 Å². The molecule has 1 aliphatic rings. The molecule has 1 heteroatoms. The minimum atomic E-state index is 0.405. The van der Waals surface area contributed by atoms with Crippen LogP contribution in [0.3, 0.4) is 0 Å². The van der Waals surface area contributed by atoms with Crippen LogP contribution >= 0.6 is 0 Å². The average molecular weight is 279 g/mol. The van der Waals surface area contributed by atoms with E-state index < -0.39 is 0 Å². The van der Waals surface area contributed by atoms with Gasteiger partial charge in [-0.05, 0) is 36.8 Å². The Morgan fingerprint density at radius 3 is 2.19 bits per heavy atom. The fourth-order valence-electron chi connectivity index (χ4n) is 3.07. The van der Waals surface area contributed by atoms with Crippen molar-refractivity contribution in [3.05, 3.63) is 71.8 Å². The van der Waals surface area contributed by atoms with E-state index in [2.05, 4.69) is 72.9 Å². The molecule has 0 bridgehead atoms. The molecule has 21 heavy (non-hydrogen) atoms. The molecular weight excluding hydrogens is 254 g/mol. The number of hydrogen-bond donors (Lipinski definition) is 1. The Morgan fingerprint density at radius 1 is 0.952 bits per heavy atom. The largest absolute Gasteiger partial charge is 0.307 e. The standard InChI is InChI=1S/C20H25N/c1-16(14-18-12-13-18)21-20(19-10-6-3-7-11-19)15-17-8-4-2-5-9-17/h2-11,16,18,20-21H,12-15H2,1H3. The Bertz CT molecular complexity index is 530. The zero-order valence-electron chi connectivity index (χ0n) is 12.8. The molecule has 1 fully saturated rings. The first-order valence-corrected chi connectivity index (χ1v) is 8.16. The van der Waals surface area contributed by atoms with Crippen molar-refractivity contribution in [1.82, 2.24) is 5.32 Å². The molecular formula is C20H25N. The summed E-state index contributed by atoms with van der Waals surface area (Å²) in [5.41, 5.74) is 2.79. The fourth-order valence-corrected chi connectivity index (χ4v) is 3.07. The molecule has 1 nitrogen and oxygen atoms in total. The molecule has 1 aliphatic carbocycles. The van der Waals surface area contributed by atoms with Gasteiger partial charge >= 0.3 is 0 Å². The molecule has 1 N–H and O–H groups in total. The summed E-state index contributed by atoms with van der Waals surface area (Å²) in [4.78, 5) is 0. The van der Waals surface area contributed by atoms with Gasteiger partial charge in [0.1, 0.15) is 0 Å². The van der Waals surface area contributed by atoms with Crippen LogP contribution in [-0.2, 0) is 6.42 Å². The minimum absolute atomic E-state index is 0.405.